The van der Waals surface area contributed by atoms with Crippen LogP contribution in [0.4, 0.5) is 0 Å². The molecule has 28 heavy (non-hydrogen) atoms. The third kappa shape index (κ3) is 4.04. The lowest BCUT2D eigenvalue weighted by Crippen LogP contribution is -2.02. The molecule has 4 aromatic rings. The van der Waals surface area contributed by atoms with E-state index in [1.54, 1.807) is 23.6 Å². The summed E-state index contributed by atoms with van der Waals surface area (Å²) in [4.78, 5) is 4.45. The zero-order chi connectivity index (χ0) is 19.2. The summed E-state index contributed by atoms with van der Waals surface area (Å²) in [6.07, 6.45) is 1.56. The summed E-state index contributed by atoms with van der Waals surface area (Å²) in [5.41, 5.74) is 1.75. The number of hydrogen-bond donors (Lipinski definition) is 0. The number of hydrogen-bond acceptors (Lipinski definition) is 8. The van der Waals surface area contributed by atoms with Crippen LogP contribution in [0.5, 0.6) is 5.75 Å². The van der Waals surface area contributed by atoms with Crippen LogP contribution in [0.25, 0.3) is 17.1 Å². The van der Waals surface area contributed by atoms with Crippen molar-refractivity contribution >= 4 is 11.8 Å². The van der Waals surface area contributed by atoms with E-state index in [9.17, 15) is 0 Å². The highest BCUT2D eigenvalue weighted by Gasteiger charge is 2.13. The first-order valence-corrected chi connectivity index (χ1v) is 9.76. The maximum atomic E-state index is 5.39. The molecule has 0 radical (unpaired) electrons. The van der Waals surface area contributed by atoms with E-state index < -0.39 is 0 Å². The summed E-state index contributed by atoms with van der Waals surface area (Å²) in [6, 6.07) is 17.4. The van der Waals surface area contributed by atoms with E-state index in [2.05, 4.69) is 25.7 Å². The number of methoxy groups -OCH3 is 1. The fraction of sp³-hybridized carbons (Fsp3) is 0.211. The fourth-order valence-electron chi connectivity index (χ4n) is 2.67. The average molecular weight is 394 g/mol. The van der Waals surface area contributed by atoms with E-state index in [0.717, 1.165) is 29.2 Å². The Morgan fingerprint density at radius 1 is 1.07 bits per heavy atom. The highest BCUT2D eigenvalue weighted by Crippen LogP contribution is 2.26. The van der Waals surface area contributed by atoms with Gasteiger partial charge in [0.1, 0.15) is 11.4 Å². The quantitative estimate of drug-likeness (QED) is 0.331. The molecule has 4 rings (SSSR count). The molecule has 2 aromatic carbocycles. The predicted octanol–water partition coefficient (Wildman–Crippen LogP) is 3.45. The zero-order valence-electron chi connectivity index (χ0n) is 15.2. The van der Waals surface area contributed by atoms with Crippen LogP contribution in [0.15, 0.2) is 64.3 Å². The minimum Gasteiger partial charge on any atom is -0.494 e. The number of aryl methyl sites for hydroxylation is 1. The second kappa shape index (κ2) is 8.66. The van der Waals surface area contributed by atoms with Gasteiger partial charge in [-0.1, -0.05) is 59.4 Å². The first kappa shape index (κ1) is 18.2. The van der Waals surface area contributed by atoms with Crippen molar-refractivity contribution in [2.75, 3.05) is 12.9 Å². The second-order valence-corrected chi connectivity index (χ2v) is 6.94. The lowest BCUT2D eigenvalue weighted by molar-refractivity contribution is 0.378. The second-order valence-electron chi connectivity index (χ2n) is 5.87. The molecule has 0 aliphatic heterocycles. The highest BCUT2D eigenvalue weighted by molar-refractivity contribution is 7.99. The lowest BCUT2D eigenvalue weighted by Gasteiger charge is -2.08. The van der Waals surface area contributed by atoms with Gasteiger partial charge in [-0.05, 0) is 29.0 Å². The smallest absolute Gasteiger partial charge is 0.226 e. The largest absolute Gasteiger partial charge is 0.494 e. The fourth-order valence-corrected chi connectivity index (χ4v) is 3.50. The number of tetrazole rings is 1. The molecule has 2 aromatic heterocycles. The molecule has 0 bridgehead atoms. The summed E-state index contributed by atoms with van der Waals surface area (Å²) in [7, 11) is 1.63. The monoisotopic (exact) mass is 394 g/mol. The predicted molar refractivity (Wildman–Crippen MR) is 104 cm³/mol. The number of para-hydroxylation sites is 2. The summed E-state index contributed by atoms with van der Waals surface area (Å²) < 4.78 is 12.4. The Balaban J connectivity index is 1.35. The SMILES string of the molecule is COc1ccccc1-n1nnnc1SCCCc1nc(-c2ccccc2)no1. The Labute approximate surface area is 165 Å². The Kier molecular flexibility index (Phi) is 5.62. The van der Waals surface area contributed by atoms with Gasteiger partial charge in [0.25, 0.3) is 0 Å². The highest BCUT2D eigenvalue weighted by atomic mass is 32.2. The number of ether oxygens (including phenoxy) is 1. The van der Waals surface area contributed by atoms with E-state index in [-0.39, 0.29) is 0 Å². The summed E-state index contributed by atoms with van der Waals surface area (Å²) in [6.45, 7) is 0. The van der Waals surface area contributed by atoms with Crippen molar-refractivity contribution in [2.24, 2.45) is 0 Å². The molecular formula is C19H18N6O2S. The van der Waals surface area contributed by atoms with Crippen LogP contribution in [-0.2, 0) is 6.42 Å². The van der Waals surface area contributed by atoms with Crippen LogP contribution in [0.3, 0.4) is 0 Å². The summed E-state index contributed by atoms with van der Waals surface area (Å²) >= 11 is 1.57. The molecule has 2 heterocycles. The van der Waals surface area contributed by atoms with Crippen molar-refractivity contribution in [3.8, 4) is 22.8 Å². The van der Waals surface area contributed by atoms with Gasteiger partial charge in [0.05, 0.1) is 7.11 Å². The molecular weight excluding hydrogens is 376 g/mol. The Hall–Kier alpha value is -3.20. The van der Waals surface area contributed by atoms with Gasteiger partial charge in [0.2, 0.25) is 16.9 Å². The molecule has 8 nitrogen and oxygen atoms in total. The van der Waals surface area contributed by atoms with Gasteiger partial charge in [-0.25, -0.2) is 0 Å². The van der Waals surface area contributed by atoms with E-state index in [4.69, 9.17) is 9.26 Å². The summed E-state index contributed by atoms with van der Waals surface area (Å²) in [5.74, 6) is 2.78. The first-order valence-electron chi connectivity index (χ1n) is 8.78. The molecule has 0 unspecified atom stereocenters. The van der Waals surface area contributed by atoms with Crippen molar-refractivity contribution in [2.45, 2.75) is 18.0 Å². The number of benzene rings is 2. The van der Waals surface area contributed by atoms with Crippen molar-refractivity contribution in [1.82, 2.24) is 30.3 Å². The van der Waals surface area contributed by atoms with Crippen LogP contribution >= 0.6 is 11.8 Å². The van der Waals surface area contributed by atoms with Gasteiger partial charge in [0.15, 0.2) is 0 Å². The van der Waals surface area contributed by atoms with E-state index >= 15 is 0 Å². The Morgan fingerprint density at radius 3 is 2.75 bits per heavy atom. The Morgan fingerprint density at radius 2 is 1.89 bits per heavy atom. The average Bonchev–Trinajstić information content (AvgIpc) is 3.41. The molecule has 9 heteroatoms. The van der Waals surface area contributed by atoms with Crippen molar-refractivity contribution < 1.29 is 9.26 Å². The van der Waals surface area contributed by atoms with Crippen LogP contribution in [-0.4, -0.2) is 43.2 Å². The maximum absolute atomic E-state index is 5.39. The molecule has 0 spiro atoms. The topological polar surface area (TPSA) is 91.8 Å². The molecule has 0 aliphatic carbocycles. The molecule has 142 valence electrons. The third-order valence-corrected chi connectivity index (χ3v) is 5.03. The van der Waals surface area contributed by atoms with Gasteiger partial charge in [0, 0.05) is 17.7 Å². The molecule has 0 aliphatic rings. The third-order valence-electron chi connectivity index (χ3n) is 4.02. The van der Waals surface area contributed by atoms with Crippen molar-refractivity contribution in [1.29, 1.82) is 0 Å². The summed E-state index contributed by atoms with van der Waals surface area (Å²) in [5, 5.41) is 16.7. The van der Waals surface area contributed by atoms with Crippen LogP contribution in [0.2, 0.25) is 0 Å². The first-order chi connectivity index (χ1) is 13.8. The van der Waals surface area contributed by atoms with Gasteiger partial charge in [-0.15, -0.1) is 5.10 Å². The number of thioether (sulfide) groups is 1. The molecule has 0 atom stereocenters. The number of nitrogens with zero attached hydrogens (tertiary/aromatic N) is 6. The molecule has 0 saturated carbocycles. The normalized spacial score (nSPS) is 10.9. The van der Waals surface area contributed by atoms with Gasteiger partial charge >= 0.3 is 0 Å². The zero-order valence-corrected chi connectivity index (χ0v) is 16.0. The number of aromatic nitrogens is 6. The van der Waals surface area contributed by atoms with E-state index in [1.165, 1.54) is 0 Å². The maximum Gasteiger partial charge on any atom is 0.226 e. The van der Waals surface area contributed by atoms with E-state index in [1.807, 2.05) is 54.6 Å². The molecule has 0 fully saturated rings. The minimum absolute atomic E-state index is 0.614. The van der Waals surface area contributed by atoms with Crippen LogP contribution < -0.4 is 4.74 Å². The van der Waals surface area contributed by atoms with Gasteiger partial charge in [-0.2, -0.15) is 9.67 Å². The van der Waals surface area contributed by atoms with E-state index in [0.29, 0.717) is 23.3 Å². The molecule has 0 amide bonds. The van der Waals surface area contributed by atoms with Crippen molar-refractivity contribution in [3.05, 3.63) is 60.5 Å². The molecule has 0 saturated heterocycles. The van der Waals surface area contributed by atoms with Gasteiger partial charge < -0.3 is 9.26 Å². The molecule has 0 N–H and O–H groups in total. The van der Waals surface area contributed by atoms with Crippen LogP contribution in [0.1, 0.15) is 12.3 Å². The lowest BCUT2D eigenvalue weighted by atomic mass is 10.2. The van der Waals surface area contributed by atoms with Crippen molar-refractivity contribution in [3.63, 3.8) is 0 Å². The van der Waals surface area contributed by atoms with Gasteiger partial charge in [-0.3, -0.25) is 0 Å². The number of rotatable bonds is 8. The Bertz CT molecular complexity index is 1030. The van der Waals surface area contributed by atoms with Crippen LogP contribution in [0, 0.1) is 0 Å². The minimum atomic E-state index is 0.614. The standard InChI is InChI=1S/C19H18N6O2S/c1-26-16-11-6-5-10-15(16)25-19(21-23-24-25)28-13-7-12-17-20-18(22-27-17)14-8-3-2-4-9-14/h2-6,8-11H,7,12-13H2,1H3.